The van der Waals surface area contributed by atoms with E-state index in [4.69, 9.17) is 9.26 Å². The number of amides is 1. The third-order valence-electron chi connectivity index (χ3n) is 4.88. The van der Waals surface area contributed by atoms with Crippen molar-refractivity contribution in [3.63, 3.8) is 0 Å². The number of halogens is 3. The fourth-order valence-electron chi connectivity index (χ4n) is 3.49. The lowest BCUT2D eigenvalue weighted by Gasteiger charge is -2.19. The number of nitrogens with zero attached hydrogens (tertiary/aromatic N) is 2. The summed E-state index contributed by atoms with van der Waals surface area (Å²) < 4.78 is 51.7. The molecule has 6 nitrogen and oxygen atoms in total. The number of hydrogen-bond acceptors (Lipinski definition) is 5. The maximum Gasteiger partial charge on any atom is 0.419 e. The molecule has 0 fully saturated rings. The van der Waals surface area contributed by atoms with Gasteiger partial charge in [-0.15, -0.1) is 0 Å². The zero-order valence-electron chi connectivity index (χ0n) is 18.9. The Kier molecular flexibility index (Phi) is 7.40. The molecule has 1 atom stereocenters. The highest BCUT2D eigenvalue weighted by Gasteiger charge is 2.35. The number of nitrogens with one attached hydrogen (secondary N) is 1. The molecule has 2 aromatic heterocycles. The summed E-state index contributed by atoms with van der Waals surface area (Å²) in [5.41, 5.74) is 0.00594. The molecule has 1 N–H and O–H groups in total. The second kappa shape index (κ2) is 10.1. The zero-order valence-corrected chi connectivity index (χ0v) is 18.9. The van der Waals surface area contributed by atoms with Crippen molar-refractivity contribution >= 4 is 11.7 Å². The van der Waals surface area contributed by atoms with Gasteiger partial charge in [0.15, 0.2) is 5.69 Å². The number of carbonyl (C=O) groups is 1. The molecule has 0 aliphatic heterocycles. The fourth-order valence-corrected chi connectivity index (χ4v) is 3.49. The van der Waals surface area contributed by atoms with E-state index >= 15 is 0 Å². The normalized spacial score (nSPS) is 12.6. The van der Waals surface area contributed by atoms with Crippen LogP contribution >= 0.6 is 0 Å². The molecule has 0 bridgehead atoms. The molecule has 0 aliphatic rings. The van der Waals surface area contributed by atoms with E-state index in [0.717, 1.165) is 12.5 Å². The van der Waals surface area contributed by atoms with Crippen LogP contribution in [0.3, 0.4) is 0 Å². The van der Waals surface area contributed by atoms with E-state index in [1.165, 1.54) is 24.4 Å². The number of pyridine rings is 1. The predicted molar refractivity (Wildman–Crippen MR) is 118 cm³/mol. The van der Waals surface area contributed by atoms with Crippen molar-refractivity contribution < 1.29 is 27.2 Å². The van der Waals surface area contributed by atoms with Crippen molar-refractivity contribution in [3.8, 4) is 16.9 Å². The van der Waals surface area contributed by atoms with E-state index in [2.05, 4.69) is 29.3 Å². The van der Waals surface area contributed by atoms with Crippen molar-refractivity contribution in [3.05, 3.63) is 59.6 Å². The number of rotatable bonds is 8. The molecular weight excluding hydrogens is 435 g/mol. The minimum atomic E-state index is -4.58. The van der Waals surface area contributed by atoms with Gasteiger partial charge in [0.25, 0.3) is 5.91 Å². The van der Waals surface area contributed by atoms with Crippen LogP contribution < -0.4 is 10.1 Å². The van der Waals surface area contributed by atoms with E-state index in [9.17, 15) is 18.0 Å². The van der Waals surface area contributed by atoms with Gasteiger partial charge in [0.05, 0.1) is 12.2 Å². The molecular formula is C24H26F3N3O3. The number of hydrogen-bond donors (Lipinski definition) is 1. The van der Waals surface area contributed by atoms with E-state index in [-0.39, 0.29) is 29.8 Å². The van der Waals surface area contributed by atoms with Crippen LogP contribution in [0.25, 0.3) is 11.1 Å². The maximum absolute atomic E-state index is 13.8. The SMILES string of the molecule is Cc1cc(C(=O)Nc2cc(-c3ccc(OCC(C)CC(C)C)c(C(F)(F)F)c3)ccn2)no1. The first-order chi connectivity index (χ1) is 15.5. The molecule has 176 valence electrons. The zero-order chi connectivity index (χ0) is 24.2. The maximum atomic E-state index is 13.8. The van der Waals surface area contributed by atoms with Crippen LogP contribution in [-0.4, -0.2) is 22.7 Å². The minimum Gasteiger partial charge on any atom is -0.493 e. The van der Waals surface area contributed by atoms with Crippen molar-refractivity contribution in [1.29, 1.82) is 0 Å². The van der Waals surface area contributed by atoms with Gasteiger partial charge < -0.3 is 14.6 Å². The van der Waals surface area contributed by atoms with Crippen LogP contribution in [-0.2, 0) is 6.18 Å². The molecule has 0 saturated carbocycles. The highest BCUT2D eigenvalue weighted by molar-refractivity contribution is 6.02. The number of benzene rings is 1. The number of anilines is 1. The second-order valence-corrected chi connectivity index (χ2v) is 8.46. The van der Waals surface area contributed by atoms with Crippen molar-refractivity contribution in [1.82, 2.24) is 10.1 Å². The summed E-state index contributed by atoms with van der Waals surface area (Å²) in [6.07, 6.45) is -2.31. The third-order valence-corrected chi connectivity index (χ3v) is 4.88. The Hall–Kier alpha value is -3.36. The number of carbonyl (C=O) groups excluding carboxylic acids is 1. The van der Waals surface area contributed by atoms with Gasteiger partial charge in [0.2, 0.25) is 0 Å². The Bertz CT molecular complexity index is 1110. The molecule has 0 saturated heterocycles. The van der Waals surface area contributed by atoms with E-state index in [0.29, 0.717) is 22.8 Å². The van der Waals surface area contributed by atoms with Crippen LogP contribution in [0.4, 0.5) is 19.0 Å². The second-order valence-electron chi connectivity index (χ2n) is 8.46. The summed E-state index contributed by atoms with van der Waals surface area (Å²) in [7, 11) is 0. The molecule has 0 aliphatic carbocycles. The van der Waals surface area contributed by atoms with E-state index in [1.807, 2.05) is 6.92 Å². The van der Waals surface area contributed by atoms with Crippen LogP contribution in [0.1, 0.15) is 49.0 Å². The first kappa shape index (κ1) is 24.3. The molecule has 9 heteroatoms. The molecule has 3 aromatic rings. The number of aromatic nitrogens is 2. The quantitative estimate of drug-likeness (QED) is 0.421. The summed E-state index contributed by atoms with van der Waals surface area (Å²) in [4.78, 5) is 16.3. The Morgan fingerprint density at radius 3 is 2.48 bits per heavy atom. The molecule has 33 heavy (non-hydrogen) atoms. The summed E-state index contributed by atoms with van der Waals surface area (Å²) in [5, 5.41) is 6.20. The molecule has 1 amide bonds. The average Bonchev–Trinajstić information content (AvgIpc) is 3.18. The predicted octanol–water partition coefficient (Wildman–Crippen LogP) is 6.38. The number of alkyl halides is 3. The van der Waals surface area contributed by atoms with Crippen LogP contribution in [0.5, 0.6) is 5.75 Å². The van der Waals surface area contributed by atoms with Gasteiger partial charge in [-0.25, -0.2) is 4.98 Å². The van der Waals surface area contributed by atoms with E-state index < -0.39 is 17.6 Å². The molecule has 1 unspecified atom stereocenters. The molecule has 2 heterocycles. The topological polar surface area (TPSA) is 77.2 Å². The summed E-state index contributed by atoms with van der Waals surface area (Å²) in [6.45, 7) is 7.93. The monoisotopic (exact) mass is 461 g/mol. The van der Waals surface area contributed by atoms with Gasteiger partial charge in [-0.3, -0.25) is 4.79 Å². The van der Waals surface area contributed by atoms with Gasteiger partial charge in [0, 0.05) is 12.3 Å². The largest absolute Gasteiger partial charge is 0.493 e. The van der Waals surface area contributed by atoms with Crippen molar-refractivity contribution in [2.75, 3.05) is 11.9 Å². The summed E-state index contributed by atoms with van der Waals surface area (Å²) in [6, 6.07) is 8.46. The molecule has 0 spiro atoms. The van der Waals surface area contributed by atoms with Gasteiger partial charge >= 0.3 is 6.18 Å². The van der Waals surface area contributed by atoms with Crippen LogP contribution in [0.2, 0.25) is 0 Å². The smallest absolute Gasteiger partial charge is 0.419 e. The first-order valence-electron chi connectivity index (χ1n) is 10.6. The lowest BCUT2D eigenvalue weighted by molar-refractivity contribution is -0.139. The van der Waals surface area contributed by atoms with Crippen LogP contribution in [0, 0.1) is 18.8 Å². The third kappa shape index (κ3) is 6.57. The molecule has 1 aromatic carbocycles. The lowest BCUT2D eigenvalue weighted by Crippen LogP contribution is -2.14. The van der Waals surface area contributed by atoms with E-state index in [1.54, 1.807) is 19.1 Å². The highest BCUT2D eigenvalue weighted by atomic mass is 19.4. The Balaban J connectivity index is 1.82. The summed E-state index contributed by atoms with van der Waals surface area (Å²) in [5.74, 6) is 0.475. The fraction of sp³-hybridized carbons (Fsp3) is 0.375. The Morgan fingerprint density at radius 2 is 1.85 bits per heavy atom. The van der Waals surface area contributed by atoms with Gasteiger partial charge in [-0.05, 0) is 60.6 Å². The lowest BCUT2D eigenvalue weighted by atomic mass is 9.99. The van der Waals surface area contributed by atoms with Crippen molar-refractivity contribution in [2.24, 2.45) is 11.8 Å². The first-order valence-corrected chi connectivity index (χ1v) is 10.6. The Morgan fingerprint density at radius 1 is 1.12 bits per heavy atom. The minimum absolute atomic E-state index is 0.0762. The number of ether oxygens (including phenoxy) is 1. The van der Waals surface area contributed by atoms with Gasteiger partial charge in [0.1, 0.15) is 17.3 Å². The van der Waals surface area contributed by atoms with Crippen LogP contribution in [0.15, 0.2) is 47.1 Å². The number of aryl methyl sites for hydroxylation is 1. The van der Waals surface area contributed by atoms with Gasteiger partial charge in [-0.1, -0.05) is 32.0 Å². The molecule has 3 rings (SSSR count). The highest BCUT2D eigenvalue weighted by Crippen LogP contribution is 2.39. The summed E-state index contributed by atoms with van der Waals surface area (Å²) >= 11 is 0. The van der Waals surface area contributed by atoms with Gasteiger partial charge in [-0.2, -0.15) is 13.2 Å². The Labute approximate surface area is 190 Å². The van der Waals surface area contributed by atoms with Crippen molar-refractivity contribution in [2.45, 2.75) is 40.3 Å². The standard InChI is InChI=1S/C24H26F3N3O3/c1-14(2)9-15(3)13-32-21-6-5-17(11-19(21)24(25,26)27)18-7-8-28-22(12-18)29-23(31)20-10-16(4)33-30-20/h5-8,10-12,14-15H,9,13H2,1-4H3,(H,28,29,31). The average molecular weight is 461 g/mol. The molecule has 0 radical (unpaired) electrons.